The van der Waals surface area contributed by atoms with Crippen LogP contribution in [0.4, 0.5) is 15.8 Å². The molecule has 7 N–H and O–H groups in total. The average molecular weight is 655 g/mol. The van der Waals surface area contributed by atoms with Crippen molar-refractivity contribution in [3.05, 3.63) is 115 Å². The molecule has 0 bridgehead atoms. The van der Waals surface area contributed by atoms with E-state index in [9.17, 15) is 33.5 Å². The molecule has 0 fully saturated rings. The summed E-state index contributed by atoms with van der Waals surface area (Å²) in [4.78, 5) is 65.2. The summed E-state index contributed by atoms with van der Waals surface area (Å²) in [5, 5.41) is 18.4. The predicted molar refractivity (Wildman–Crippen MR) is 166 cm³/mol. The molecule has 1 atom stereocenters. The largest absolute Gasteiger partial charge is 0.477 e. The number of anilines is 2. The fourth-order valence-electron chi connectivity index (χ4n) is 4.12. The van der Waals surface area contributed by atoms with Crippen molar-refractivity contribution in [3.8, 4) is 0 Å². The molecule has 46 heavy (non-hydrogen) atoms. The molecule has 0 spiro atoms. The van der Waals surface area contributed by atoms with Crippen LogP contribution in [-0.2, 0) is 17.8 Å². The normalized spacial score (nSPS) is 11.1. The quantitative estimate of drug-likeness (QED) is 0.112. The molecule has 0 radical (unpaired) electrons. The first kappa shape index (κ1) is 34.7. The lowest BCUT2D eigenvalue weighted by atomic mass is 10.1. The number of fused-ring (bicyclic) bond motifs is 1. The molecule has 2 aromatic heterocycles. The van der Waals surface area contributed by atoms with Gasteiger partial charge in [-0.05, 0) is 42.3 Å². The second-order valence-corrected chi connectivity index (χ2v) is 9.54. The summed E-state index contributed by atoms with van der Waals surface area (Å²) in [6.45, 7) is 2.13. The van der Waals surface area contributed by atoms with Gasteiger partial charge in [-0.3, -0.25) is 14.4 Å². The number of halogens is 2. The second kappa shape index (κ2) is 14.8. The Hall–Kier alpha value is -5.74. The maximum atomic E-state index is 13.5. The molecule has 0 aliphatic heterocycles. The minimum absolute atomic E-state index is 0. The minimum Gasteiger partial charge on any atom is -0.477 e. The highest BCUT2D eigenvalue weighted by molar-refractivity contribution is 5.96. The number of carbonyl (C=O) groups excluding carboxylic acids is 2. The van der Waals surface area contributed by atoms with E-state index in [-0.39, 0.29) is 47.5 Å². The first-order chi connectivity index (χ1) is 21.4. The van der Waals surface area contributed by atoms with Gasteiger partial charge in [-0.15, -0.1) is 12.4 Å². The summed E-state index contributed by atoms with van der Waals surface area (Å²) >= 11 is 0. The van der Waals surface area contributed by atoms with E-state index in [1.165, 1.54) is 13.2 Å². The zero-order chi connectivity index (χ0) is 32.8. The Morgan fingerprint density at radius 1 is 1.09 bits per heavy atom. The lowest BCUT2D eigenvalue weighted by Gasteiger charge is -2.14. The van der Waals surface area contributed by atoms with Gasteiger partial charge in [0.15, 0.2) is 5.69 Å². The molecule has 17 heteroatoms. The lowest BCUT2D eigenvalue weighted by Crippen LogP contribution is -2.37. The highest BCUT2D eigenvalue weighted by atomic mass is 35.5. The van der Waals surface area contributed by atoms with Gasteiger partial charge in [0, 0.05) is 24.7 Å². The van der Waals surface area contributed by atoms with Gasteiger partial charge in [-0.2, -0.15) is 14.6 Å². The van der Waals surface area contributed by atoms with E-state index in [1.807, 2.05) is 0 Å². The summed E-state index contributed by atoms with van der Waals surface area (Å²) < 4.78 is 19.1. The SMILES string of the molecule is COC(=O)c1ccc([C@H](C)NC(=O)c2cc(C(=O)O)n3ncnc3n2)cc1.Cl.NCc1ccc(F)c(CNc2c(N)c(=O)c2=O)c1. The van der Waals surface area contributed by atoms with E-state index in [0.29, 0.717) is 17.7 Å². The van der Waals surface area contributed by atoms with Crippen LogP contribution in [0.5, 0.6) is 0 Å². The highest BCUT2D eigenvalue weighted by Crippen LogP contribution is 2.16. The average Bonchev–Trinajstić information content (AvgIpc) is 3.53. The number of ether oxygens (including phenoxy) is 1. The van der Waals surface area contributed by atoms with Crippen LogP contribution in [0.15, 0.2) is 64.4 Å². The topological polar surface area (TPSA) is 234 Å². The van der Waals surface area contributed by atoms with Crippen LogP contribution in [-0.4, -0.2) is 49.6 Å². The van der Waals surface area contributed by atoms with Crippen LogP contribution in [0, 0.1) is 5.82 Å². The summed E-state index contributed by atoms with van der Waals surface area (Å²) in [7, 11) is 1.30. The van der Waals surface area contributed by atoms with Crippen molar-refractivity contribution in [1.29, 1.82) is 0 Å². The van der Waals surface area contributed by atoms with Gasteiger partial charge in [-0.25, -0.2) is 19.0 Å². The number of esters is 1. The molecule has 0 saturated heterocycles. The number of nitrogens with zero attached hydrogens (tertiary/aromatic N) is 4. The van der Waals surface area contributed by atoms with Crippen LogP contribution in [0.1, 0.15) is 61.0 Å². The number of aromatic nitrogens is 4. The van der Waals surface area contributed by atoms with Crippen molar-refractivity contribution in [3.63, 3.8) is 0 Å². The van der Waals surface area contributed by atoms with Gasteiger partial charge in [-0.1, -0.05) is 18.2 Å². The lowest BCUT2D eigenvalue weighted by molar-refractivity contribution is 0.0599. The van der Waals surface area contributed by atoms with Crippen LogP contribution in [0.3, 0.4) is 0 Å². The molecule has 0 unspecified atom stereocenters. The van der Waals surface area contributed by atoms with Crippen molar-refractivity contribution in [1.82, 2.24) is 24.9 Å². The molecule has 240 valence electrons. The maximum Gasteiger partial charge on any atom is 0.354 e. The molecule has 0 aliphatic rings. The summed E-state index contributed by atoms with van der Waals surface area (Å²) in [6.07, 6.45) is 1.15. The number of nitrogens with one attached hydrogen (secondary N) is 2. The monoisotopic (exact) mass is 654 g/mol. The summed E-state index contributed by atoms with van der Waals surface area (Å²) in [5.74, 6) is -2.67. The third kappa shape index (κ3) is 7.48. The predicted octanol–water partition coefficient (Wildman–Crippen LogP) is 1.60. The van der Waals surface area contributed by atoms with Gasteiger partial charge in [0.05, 0.1) is 18.7 Å². The highest BCUT2D eigenvalue weighted by Gasteiger charge is 2.20. The van der Waals surface area contributed by atoms with Crippen LogP contribution in [0.25, 0.3) is 5.78 Å². The molecular formula is C29H28ClFN8O7. The molecule has 3 aromatic carbocycles. The van der Waals surface area contributed by atoms with Gasteiger partial charge < -0.3 is 31.9 Å². The number of amides is 1. The van der Waals surface area contributed by atoms with Gasteiger partial charge in [0.25, 0.3) is 22.5 Å². The second-order valence-electron chi connectivity index (χ2n) is 9.54. The number of nitrogen functional groups attached to an aromatic ring is 1. The maximum absolute atomic E-state index is 13.5. The Morgan fingerprint density at radius 2 is 1.78 bits per heavy atom. The fraction of sp³-hybridized carbons (Fsp3) is 0.172. The zero-order valence-corrected chi connectivity index (χ0v) is 25.1. The summed E-state index contributed by atoms with van der Waals surface area (Å²) in [6, 6.07) is 11.8. The van der Waals surface area contributed by atoms with Crippen molar-refractivity contribution < 1.29 is 28.6 Å². The van der Waals surface area contributed by atoms with Crippen LogP contribution >= 0.6 is 12.4 Å². The van der Waals surface area contributed by atoms with E-state index in [4.69, 9.17) is 11.5 Å². The number of hydrogen-bond donors (Lipinski definition) is 5. The number of methoxy groups -OCH3 is 1. The first-order valence-corrected chi connectivity index (χ1v) is 13.2. The van der Waals surface area contributed by atoms with E-state index in [1.54, 1.807) is 43.3 Å². The van der Waals surface area contributed by atoms with Crippen LogP contribution < -0.4 is 33.0 Å². The number of aromatic carboxylic acids is 1. The molecule has 2 heterocycles. The minimum atomic E-state index is -1.26. The third-order valence-electron chi connectivity index (χ3n) is 6.63. The van der Waals surface area contributed by atoms with E-state index < -0.39 is 40.6 Å². The van der Waals surface area contributed by atoms with Crippen molar-refractivity contribution in [2.75, 3.05) is 18.2 Å². The Labute approximate surface area is 265 Å². The molecule has 1 amide bonds. The third-order valence-corrected chi connectivity index (χ3v) is 6.63. The van der Waals surface area contributed by atoms with Crippen molar-refractivity contribution >= 4 is 47.4 Å². The Balaban J connectivity index is 0.000000265. The summed E-state index contributed by atoms with van der Waals surface area (Å²) in [5.41, 5.74) is 11.4. The van der Waals surface area contributed by atoms with E-state index in [0.717, 1.165) is 28.0 Å². The number of benzene rings is 2. The van der Waals surface area contributed by atoms with Gasteiger partial charge >= 0.3 is 11.9 Å². The molecular weight excluding hydrogens is 627 g/mol. The molecule has 0 saturated carbocycles. The smallest absolute Gasteiger partial charge is 0.354 e. The molecule has 15 nitrogen and oxygen atoms in total. The first-order valence-electron chi connectivity index (χ1n) is 13.2. The standard InChI is InChI=1S/C17H15N5O5.C12H12FN3O2.ClH/c1-9(10-3-5-11(6-4-10)16(26)27-2)20-14(23)12-7-13(15(24)25)22-17(21-12)18-8-19-22;13-8-2-1-6(4-14)3-7(8)5-16-10-9(15)11(17)12(10)18;/h3-9H,1-2H3,(H,20,23)(H,24,25);1-3,16H,4-5,14-15H2;1H/t9-;;/m0../s1. The Morgan fingerprint density at radius 3 is 2.39 bits per heavy atom. The number of carboxylic acid groups (broad SMARTS) is 1. The number of nitrogens with two attached hydrogens (primary N) is 2. The molecule has 5 aromatic rings. The van der Waals surface area contributed by atoms with Gasteiger partial charge in [0.2, 0.25) is 0 Å². The Bertz CT molecular complexity index is 1970. The molecule has 0 aliphatic carbocycles. The zero-order valence-electron chi connectivity index (χ0n) is 24.3. The Kier molecular flexibility index (Phi) is 11.2. The van der Waals surface area contributed by atoms with E-state index >= 15 is 0 Å². The number of rotatable bonds is 9. The molecule has 5 rings (SSSR count). The van der Waals surface area contributed by atoms with Gasteiger partial charge in [0.1, 0.15) is 29.2 Å². The van der Waals surface area contributed by atoms with Crippen molar-refractivity contribution in [2.45, 2.75) is 26.1 Å². The number of hydrogen-bond acceptors (Lipinski definition) is 12. The number of carboxylic acids is 1. The van der Waals surface area contributed by atoms with Crippen LogP contribution in [0.2, 0.25) is 0 Å². The van der Waals surface area contributed by atoms with Crippen molar-refractivity contribution in [2.24, 2.45) is 5.73 Å². The fourth-order valence-corrected chi connectivity index (χ4v) is 4.12. The number of carbonyl (C=O) groups is 3. The van der Waals surface area contributed by atoms with E-state index in [2.05, 4.69) is 30.4 Å².